The topological polar surface area (TPSA) is 104 Å². The van der Waals surface area contributed by atoms with E-state index in [2.05, 4.69) is 15.3 Å². The SMILES string of the molecule is CC(OC(=O)NC(Cc1ccccc1)C(=O)O)c1ccc2nc(-c3ccccc3)[nH]c2c1. The van der Waals surface area contributed by atoms with Gasteiger partial charge in [0, 0.05) is 12.0 Å². The Morgan fingerprint density at radius 2 is 1.72 bits per heavy atom. The van der Waals surface area contributed by atoms with Crippen LogP contribution in [0.4, 0.5) is 4.79 Å². The van der Waals surface area contributed by atoms with Gasteiger partial charge < -0.3 is 20.1 Å². The number of carbonyl (C=O) groups excluding carboxylic acids is 1. The van der Waals surface area contributed by atoms with E-state index in [0.29, 0.717) is 0 Å². The van der Waals surface area contributed by atoms with Crippen LogP contribution in [0.2, 0.25) is 0 Å². The zero-order chi connectivity index (χ0) is 22.5. The van der Waals surface area contributed by atoms with Crippen molar-refractivity contribution in [3.05, 3.63) is 90.0 Å². The summed E-state index contributed by atoms with van der Waals surface area (Å²) in [5.74, 6) is -0.361. The number of benzene rings is 3. The van der Waals surface area contributed by atoms with E-state index in [0.717, 1.165) is 33.5 Å². The van der Waals surface area contributed by atoms with Gasteiger partial charge in [-0.3, -0.25) is 0 Å². The van der Waals surface area contributed by atoms with Gasteiger partial charge in [0.1, 0.15) is 18.0 Å². The zero-order valence-electron chi connectivity index (χ0n) is 17.5. The molecule has 4 aromatic rings. The molecule has 0 radical (unpaired) electrons. The number of imidazole rings is 1. The highest BCUT2D eigenvalue weighted by atomic mass is 16.6. The lowest BCUT2D eigenvalue weighted by atomic mass is 10.1. The second-order valence-electron chi connectivity index (χ2n) is 7.50. The summed E-state index contributed by atoms with van der Waals surface area (Å²) < 4.78 is 5.45. The number of aliphatic carboxylic acids is 1. The number of alkyl carbamates (subject to hydrolysis) is 1. The predicted octanol–water partition coefficient (Wildman–Crippen LogP) is 4.71. The molecule has 1 aromatic heterocycles. The molecule has 0 saturated carbocycles. The number of aromatic amines is 1. The Kier molecular flexibility index (Phi) is 6.17. The number of carbonyl (C=O) groups is 2. The highest BCUT2D eigenvalue weighted by molar-refractivity contribution is 5.81. The van der Waals surface area contributed by atoms with Crippen molar-refractivity contribution in [2.45, 2.75) is 25.5 Å². The number of carboxylic acids is 1. The number of ether oxygens (including phenoxy) is 1. The minimum atomic E-state index is -1.12. The van der Waals surface area contributed by atoms with Crippen LogP contribution in [-0.4, -0.2) is 33.2 Å². The van der Waals surface area contributed by atoms with Crippen LogP contribution < -0.4 is 5.32 Å². The number of hydrogen-bond donors (Lipinski definition) is 3. The second kappa shape index (κ2) is 9.34. The lowest BCUT2D eigenvalue weighted by molar-refractivity contribution is -0.139. The van der Waals surface area contributed by atoms with E-state index in [1.54, 1.807) is 6.92 Å². The van der Waals surface area contributed by atoms with Gasteiger partial charge in [-0.2, -0.15) is 0 Å². The van der Waals surface area contributed by atoms with Crippen molar-refractivity contribution >= 4 is 23.1 Å². The molecule has 0 spiro atoms. The summed E-state index contributed by atoms with van der Waals surface area (Å²) in [6.45, 7) is 1.74. The van der Waals surface area contributed by atoms with Gasteiger partial charge >= 0.3 is 12.1 Å². The predicted molar refractivity (Wildman–Crippen MR) is 121 cm³/mol. The van der Waals surface area contributed by atoms with Crippen molar-refractivity contribution in [2.75, 3.05) is 0 Å². The first-order chi connectivity index (χ1) is 15.5. The molecule has 162 valence electrons. The number of fused-ring (bicyclic) bond motifs is 1. The van der Waals surface area contributed by atoms with E-state index in [9.17, 15) is 14.7 Å². The summed E-state index contributed by atoms with van der Waals surface area (Å²) >= 11 is 0. The van der Waals surface area contributed by atoms with Crippen LogP contribution in [0.1, 0.15) is 24.2 Å². The largest absolute Gasteiger partial charge is 0.480 e. The van der Waals surface area contributed by atoms with Crippen LogP contribution in [0.25, 0.3) is 22.4 Å². The quantitative estimate of drug-likeness (QED) is 0.395. The van der Waals surface area contributed by atoms with Crippen molar-refractivity contribution in [3.8, 4) is 11.4 Å². The zero-order valence-corrected chi connectivity index (χ0v) is 17.5. The van der Waals surface area contributed by atoms with Crippen LogP contribution in [0.3, 0.4) is 0 Å². The first-order valence-electron chi connectivity index (χ1n) is 10.3. The Balaban J connectivity index is 1.43. The van der Waals surface area contributed by atoms with Gasteiger partial charge in [0.2, 0.25) is 0 Å². The van der Waals surface area contributed by atoms with Gasteiger partial charge in [-0.25, -0.2) is 14.6 Å². The fraction of sp³-hybridized carbons (Fsp3) is 0.160. The molecule has 7 nitrogen and oxygen atoms in total. The van der Waals surface area contributed by atoms with E-state index in [1.165, 1.54) is 0 Å². The molecule has 0 fully saturated rings. The molecule has 3 N–H and O–H groups in total. The molecule has 1 heterocycles. The molecule has 3 aromatic carbocycles. The molecule has 7 heteroatoms. The van der Waals surface area contributed by atoms with Gasteiger partial charge in [0.15, 0.2) is 0 Å². The normalized spacial score (nSPS) is 12.8. The van der Waals surface area contributed by atoms with E-state index >= 15 is 0 Å². The monoisotopic (exact) mass is 429 g/mol. The smallest absolute Gasteiger partial charge is 0.408 e. The van der Waals surface area contributed by atoms with E-state index in [-0.39, 0.29) is 6.42 Å². The molecule has 32 heavy (non-hydrogen) atoms. The Hall–Kier alpha value is -4.13. The molecular formula is C25H23N3O4. The molecule has 2 atom stereocenters. The summed E-state index contributed by atoms with van der Waals surface area (Å²) in [5.41, 5.74) is 4.19. The van der Waals surface area contributed by atoms with Crippen molar-refractivity contribution < 1.29 is 19.4 Å². The maximum absolute atomic E-state index is 12.4. The van der Waals surface area contributed by atoms with E-state index < -0.39 is 24.2 Å². The minimum absolute atomic E-state index is 0.169. The standard InChI is InChI=1S/C25H23N3O4/c1-16(32-25(31)28-22(24(29)30)14-17-8-4-2-5-9-17)19-12-13-20-21(15-19)27-23(26-20)18-10-6-3-7-11-18/h2-13,15-16,22H,14H2,1H3,(H,26,27)(H,28,31)(H,29,30). The molecule has 0 bridgehead atoms. The average molecular weight is 429 g/mol. The van der Waals surface area contributed by atoms with Crippen molar-refractivity contribution in [1.29, 1.82) is 0 Å². The lowest BCUT2D eigenvalue weighted by Gasteiger charge is -2.18. The third-order valence-electron chi connectivity index (χ3n) is 5.18. The molecule has 0 aliphatic rings. The number of hydrogen-bond acceptors (Lipinski definition) is 4. The summed E-state index contributed by atoms with van der Waals surface area (Å²) in [6.07, 6.45) is -1.19. The lowest BCUT2D eigenvalue weighted by Crippen LogP contribution is -2.42. The Bertz CT molecular complexity index is 1220. The molecule has 1 amide bonds. The third-order valence-corrected chi connectivity index (χ3v) is 5.18. The average Bonchev–Trinajstić information content (AvgIpc) is 3.23. The Labute approximate surface area is 185 Å². The molecule has 0 aliphatic heterocycles. The molecule has 4 rings (SSSR count). The third kappa shape index (κ3) is 4.95. The fourth-order valence-corrected chi connectivity index (χ4v) is 3.47. The van der Waals surface area contributed by atoms with Gasteiger partial charge in [-0.15, -0.1) is 0 Å². The van der Waals surface area contributed by atoms with Crippen LogP contribution in [-0.2, 0) is 16.0 Å². The Morgan fingerprint density at radius 3 is 2.41 bits per heavy atom. The number of carboxylic acid groups (broad SMARTS) is 1. The highest BCUT2D eigenvalue weighted by Crippen LogP contribution is 2.24. The maximum atomic E-state index is 12.4. The number of nitrogens with one attached hydrogen (secondary N) is 2. The van der Waals surface area contributed by atoms with Crippen molar-refractivity contribution in [1.82, 2.24) is 15.3 Å². The summed E-state index contributed by atoms with van der Waals surface area (Å²) in [7, 11) is 0. The summed E-state index contributed by atoms with van der Waals surface area (Å²) in [6, 6.07) is 23.4. The number of rotatable bonds is 7. The fourth-order valence-electron chi connectivity index (χ4n) is 3.47. The van der Waals surface area contributed by atoms with Crippen molar-refractivity contribution in [2.24, 2.45) is 0 Å². The first kappa shape index (κ1) is 21.1. The number of amides is 1. The second-order valence-corrected chi connectivity index (χ2v) is 7.50. The van der Waals surface area contributed by atoms with E-state index in [1.807, 2.05) is 78.9 Å². The number of aromatic nitrogens is 2. The van der Waals surface area contributed by atoms with E-state index in [4.69, 9.17) is 4.74 Å². The molecule has 0 saturated heterocycles. The van der Waals surface area contributed by atoms with Crippen LogP contribution in [0, 0.1) is 0 Å². The van der Waals surface area contributed by atoms with Gasteiger partial charge in [0.25, 0.3) is 0 Å². The Morgan fingerprint density at radius 1 is 1.03 bits per heavy atom. The van der Waals surface area contributed by atoms with Crippen LogP contribution in [0.15, 0.2) is 78.9 Å². The molecule has 0 aliphatic carbocycles. The van der Waals surface area contributed by atoms with Gasteiger partial charge in [-0.05, 0) is 30.2 Å². The summed E-state index contributed by atoms with van der Waals surface area (Å²) in [4.78, 5) is 31.8. The molecular weight excluding hydrogens is 406 g/mol. The first-order valence-corrected chi connectivity index (χ1v) is 10.3. The molecule has 2 unspecified atom stereocenters. The summed E-state index contributed by atoms with van der Waals surface area (Å²) in [5, 5.41) is 11.9. The maximum Gasteiger partial charge on any atom is 0.408 e. The highest BCUT2D eigenvalue weighted by Gasteiger charge is 2.22. The van der Waals surface area contributed by atoms with Crippen molar-refractivity contribution in [3.63, 3.8) is 0 Å². The van der Waals surface area contributed by atoms with Crippen LogP contribution >= 0.6 is 0 Å². The number of H-pyrrole nitrogens is 1. The van der Waals surface area contributed by atoms with Crippen LogP contribution in [0.5, 0.6) is 0 Å². The van der Waals surface area contributed by atoms with Gasteiger partial charge in [0.05, 0.1) is 11.0 Å². The van der Waals surface area contributed by atoms with Gasteiger partial charge in [-0.1, -0.05) is 66.7 Å². The minimum Gasteiger partial charge on any atom is -0.480 e. The number of nitrogens with zero attached hydrogens (tertiary/aromatic N) is 1.